The molecule has 0 bridgehead atoms. The van der Waals surface area contributed by atoms with E-state index in [0.717, 1.165) is 16.6 Å². The summed E-state index contributed by atoms with van der Waals surface area (Å²) in [6.45, 7) is 7.95. The maximum Gasteiger partial charge on any atom is 0.339 e. The Morgan fingerprint density at radius 2 is 1.91 bits per heavy atom. The van der Waals surface area contributed by atoms with Crippen LogP contribution in [0.1, 0.15) is 36.8 Å². The fourth-order valence-electron chi connectivity index (χ4n) is 2.20. The molecular weight excluding hydrogens is 292 g/mol. The molecular formula is C18H22N2O3. The first-order valence-electron chi connectivity index (χ1n) is 7.73. The van der Waals surface area contributed by atoms with Crippen molar-refractivity contribution in [1.29, 1.82) is 0 Å². The molecule has 1 atom stereocenters. The molecule has 1 aromatic carbocycles. The molecule has 1 amide bonds. The van der Waals surface area contributed by atoms with Crippen LogP contribution < -0.4 is 5.32 Å². The molecule has 2 rings (SSSR count). The number of esters is 1. The van der Waals surface area contributed by atoms with Gasteiger partial charge in [0.25, 0.3) is 5.91 Å². The number of nitrogens with one attached hydrogen (secondary N) is 1. The summed E-state index contributed by atoms with van der Waals surface area (Å²) in [6.07, 6.45) is -0.839. The van der Waals surface area contributed by atoms with E-state index in [1.807, 2.05) is 45.0 Å². The molecule has 0 aliphatic carbocycles. The minimum Gasteiger partial charge on any atom is -0.449 e. The summed E-state index contributed by atoms with van der Waals surface area (Å²) in [5.41, 5.74) is 1.89. The van der Waals surface area contributed by atoms with Crippen LogP contribution in [-0.2, 0) is 9.53 Å². The molecule has 1 N–H and O–H groups in total. The van der Waals surface area contributed by atoms with Crippen molar-refractivity contribution in [3.8, 4) is 0 Å². The number of nitrogens with zero attached hydrogens (tertiary/aromatic N) is 1. The van der Waals surface area contributed by atoms with Gasteiger partial charge in [0.2, 0.25) is 0 Å². The van der Waals surface area contributed by atoms with E-state index >= 15 is 0 Å². The standard InChI is InChI=1S/C18H22N2O3/c1-11(2)10-19-17(21)13(4)23-18(22)15-9-12(3)20-16-8-6-5-7-14(15)16/h5-9,11,13H,10H2,1-4H3,(H,19,21)/t13-/m1/s1. The number of pyridine rings is 1. The Bertz CT molecular complexity index is 725. The molecule has 0 radical (unpaired) electrons. The number of hydrogen-bond donors (Lipinski definition) is 1. The quantitative estimate of drug-likeness (QED) is 0.862. The zero-order chi connectivity index (χ0) is 17.0. The molecule has 122 valence electrons. The Balaban J connectivity index is 2.16. The number of benzene rings is 1. The summed E-state index contributed by atoms with van der Waals surface area (Å²) < 4.78 is 5.31. The molecule has 0 aliphatic heterocycles. The van der Waals surface area contributed by atoms with E-state index in [1.165, 1.54) is 0 Å². The van der Waals surface area contributed by atoms with Gasteiger partial charge < -0.3 is 10.1 Å². The Hall–Kier alpha value is -2.43. The molecule has 0 fully saturated rings. The van der Waals surface area contributed by atoms with Gasteiger partial charge in [-0.2, -0.15) is 0 Å². The lowest BCUT2D eigenvalue weighted by Crippen LogP contribution is -2.37. The maximum absolute atomic E-state index is 12.4. The van der Waals surface area contributed by atoms with Crippen LogP contribution in [0.15, 0.2) is 30.3 Å². The fourth-order valence-corrected chi connectivity index (χ4v) is 2.20. The molecule has 0 unspecified atom stereocenters. The summed E-state index contributed by atoms with van der Waals surface area (Å²) >= 11 is 0. The number of para-hydroxylation sites is 1. The largest absolute Gasteiger partial charge is 0.449 e. The second kappa shape index (κ2) is 7.22. The molecule has 23 heavy (non-hydrogen) atoms. The van der Waals surface area contributed by atoms with Crippen LogP contribution in [0.2, 0.25) is 0 Å². The topological polar surface area (TPSA) is 68.3 Å². The number of aryl methyl sites for hydroxylation is 1. The monoisotopic (exact) mass is 314 g/mol. The summed E-state index contributed by atoms with van der Waals surface area (Å²) in [5.74, 6) is -0.463. The van der Waals surface area contributed by atoms with Crippen molar-refractivity contribution in [2.24, 2.45) is 5.92 Å². The van der Waals surface area contributed by atoms with E-state index in [1.54, 1.807) is 13.0 Å². The number of aromatic nitrogens is 1. The van der Waals surface area contributed by atoms with Gasteiger partial charge >= 0.3 is 5.97 Å². The lowest BCUT2D eigenvalue weighted by atomic mass is 10.1. The molecule has 5 nitrogen and oxygen atoms in total. The fraction of sp³-hybridized carbons (Fsp3) is 0.389. The summed E-state index contributed by atoms with van der Waals surface area (Å²) in [5, 5.41) is 3.48. The van der Waals surface area contributed by atoms with E-state index in [-0.39, 0.29) is 5.91 Å². The van der Waals surface area contributed by atoms with Crippen molar-refractivity contribution in [3.63, 3.8) is 0 Å². The van der Waals surface area contributed by atoms with Gasteiger partial charge in [-0.25, -0.2) is 4.79 Å². The van der Waals surface area contributed by atoms with Gasteiger partial charge in [-0.1, -0.05) is 32.0 Å². The van der Waals surface area contributed by atoms with E-state index in [2.05, 4.69) is 10.3 Å². The molecule has 5 heteroatoms. The SMILES string of the molecule is Cc1cc(C(=O)O[C@H](C)C(=O)NCC(C)C)c2ccccc2n1. The van der Waals surface area contributed by atoms with Crippen molar-refractivity contribution in [3.05, 3.63) is 41.6 Å². The zero-order valence-electron chi connectivity index (χ0n) is 13.9. The molecule has 1 aromatic heterocycles. The van der Waals surface area contributed by atoms with Crippen LogP contribution in [0, 0.1) is 12.8 Å². The highest BCUT2D eigenvalue weighted by molar-refractivity contribution is 6.04. The Kier molecular flexibility index (Phi) is 5.32. The first kappa shape index (κ1) is 16.9. The van der Waals surface area contributed by atoms with Gasteiger partial charge in [0.05, 0.1) is 11.1 Å². The number of carbonyl (C=O) groups excluding carboxylic acids is 2. The van der Waals surface area contributed by atoms with Crippen molar-refractivity contribution >= 4 is 22.8 Å². The lowest BCUT2D eigenvalue weighted by molar-refractivity contribution is -0.129. The van der Waals surface area contributed by atoms with Gasteiger partial charge in [0, 0.05) is 17.6 Å². The predicted molar refractivity (Wildman–Crippen MR) is 89.2 cm³/mol. The van der Waals surface area contributed by atoms with E-state index < -0.39 is 12.1 Å². The molecule has 0 spiro atoms. The van der Waals surface area contributed by atoms with Crippen molar-refractivity contribution in [2.45, 2.75) is 33.8 Å². The van der Waals surface area contributed by atoms with Crippen molar-refractivity contribution in [1.82, 2.24) is 10.3 Å². The number of amides is 1. The minimum absolute atomic E-state index is 0.290. The van der Waals surface area contributed by atoms with Crippen LogP contribution >= 0.6 is 0 Å². The average molecular weight is 314 g/mol. The Labute approximate surface area is 136 Å². The maximum atomic E-state index is 12.4. The van der Waals surface area contributed by atoms with Crippen LogP contribution in [0.3, 0.4) is 0 Å². The molecule has 0 saturated carbocycles. The first-order chi connectivity index (χ1) is 10.9. The molecule has 0 aliphatic rings. The normalized spacial score (nSPS) is 12.2. The van der Waals surface area contributed by atoms with Gasteiger partial charge in [-0.15, -0.1) is 0 Å². The van der Waals surface area contributed by atoms with E-state index in [9.17, 15) is 9.59 Å². The minimum atomic E-state index is -0.839. The van der Waals surface area contributed by atoms with Crippen molar-refractivity contribution < 1.29 is 14.3 Å². The number of carbonyl (C=O) groups is 2. The van der Waals surface area contributed by atoms with Crippen LogP contribution in [0.25, 0.3) is 10.9 Å². The zero-order valence-corrected chi connectivity index (χ0v) is 13.9. The average Bonchev–Trinajstić information content (AvgIpc) is 2.51. The number of rotatable bonds is 5. The highest BCUT2D eigenvalue weighted by Gasteiger charge is 2.20. The van der Waals surface area contributed by atoms with Crippen LogP contribution in [0.5, 0.6) is 0 Å². The summed E-state index contributed by atoms with van der Waals surface area (Å²) in [4.78, 5) is 28.8. The lowest BCUT2D eigenvalue weighted by Gasteiger charge is -2.15. The third-order valence-corrected chi connectivity index (χ3v) is 3.40. The molecule has 1 heterocycles. The van der Waals surface area contributed by atoms with Crippen LogP contribution in [-0.4, -0.2) is 29.5 Å². The second-order valence-corrected chi connectivity index (χ2v) is 6.01. The summed E-state index contributed by atoms with van der Waals surface area (Å²) in [7, 11) is 0. The second-order valence-electron chi connectivity index (χ2n) is 6.01. The van der Waals surface area contributed by atoms with Crippen LogP contribution in [0.4, 0.5) is 0 Å². The predicted octanol–water partition coefficient (Wildman–Crippen LogP) is 2.86. The Morgan fingerprint density at radius 1 is 1.22 bits per heavy atom. The molecule has 2 aromatic rings. The third kappa shape index (κ3) is 4.28. The number of hydrogen-bond acceptors (Lipinski definition) is 4. The van der Waals surface area contributed by atoms with Crippen molar-refractivity contribution in [2.75, 3.05) is 6.54 Å². The van der Waals surface area contributed by atoms with E-state index in [0.29, 0.717) is 18.0 Å². The van der Waals surface area contributed by atoms with Gasteiger partial charge in [-0.3, -0.25) is 9.78 Å². The highest BCUT2D eigenvalue weighted by Crippen LogP contribution is 2.19. The van der Waals surface area contributed by atoms with Gasteiger partial charge in [0.1, 0.15) is 0 Å². The smallest absolute Gasteiger partial charge is 0.339 e. The third-order valence-electron chi connectivity index (χ3n) is 3.40. The Morgan fingerprint density at radius 3 is 2.61 bits per heavy atom. The summed E-state index contributed by atoms with van der Waals surface area (Å²) in [6, 6.07) is 9.06. The first-order valence-corrected chi connectivity index (χ1v) is 7.73. The highest BCUT2D eigenvalue weighted by atomic mass is 16.5. The number of ether oxygens (including phenoxy) is 1. The van der Waals surface area contributed by atoms with Gasteiger partial charge in [-0.05, 0) is 31.9 Å². The number of fused-ring (bicyclic) bond motifs is 1. The van der Waals surface area contributed by atoms with Gasteiger partial charge in [0.15, 0.2) is 6.10 Å². The van der Waals surface area contributed by atoms with E-state index in [4.69, 9.17) is 4.74 Å². The molecule has 0 saturated heterocycles.